The van der Waals surface area contributed by atoms with Crippen LogP contribution in [0.3, 0.4) is 0 Å². The predicted molar refractivity (Wildman–Crippen MR) is 61.2 cm³/mol. The van der Waals surface area contributed by atoms with Crippen molar-refractivity contribution >= 4 is 0 Å². The van der Waals surface area contributed by atoms with Crippen molar-refractivity contribution in [2.75, 3.05) is 6.54 Å². The largest absolute Gasteiger partial charge is 0.343 e. The predicted octanol–water partition coefficient (Wildman–Crippen LogP) is 0.121. The number of nitrogens with one attached hydrogen (secondary N) is 1. The highest BCUT2D eigenvalue weighted by atomic mass is 16.1. The van der Waals surface area contributed by atoms with Crippen molar-refractivity contribution in [3.63, 3.8) is 0 Å². The summed E-state index contributed by atoms with van der Waals surface area (Å²) in [6.07, 6.45) is 0.603. The monoisotopic (exact) mass is 218 g/mol. The van der Waals surface area contributed by atoms with Gasteiger partial charge in [-0.3, -0.25) is 4.57 Å². The Morgan fingerprint density at radius 2 is 2.06 bits per heavy atom. The molecule has 0 bridgehead atoms. The van der Waals surface area contributed by atoms with Crippen LogP contribution in [0.1, 0.15) is 11.4 Å². The minimum atomic E-state index is -0.188. The molecule has 5 nitrogen and oxygen atoms in total. The molecule has 0 aliphatic heterocycles. The minimum Gasteiger partial charge on any atom is -0.330 e. The molecule has 0 saturated heterocycles. The van der Waals surface area contributed by atoms with Gasteiger partial charge in [0.1, 0.15) is 5.82 Å². The molecule has 5 heteroatoms. The van der Waals surface area contributed by atoms with E-state index < -0.39 is 0 Å². The van der Waals surface area contributed by atoms with E-state index in [1.54, 1.807) is 4.57 Å². The first-order valence-electron chi connectivity index (χ1n) is 5.19. The third-order valence-electron chi connectivity index (χ3n) is 2.39. The number of hydrogen-bond acceptors (Lipinski definition) is 3. The summed E-state index contributed by atoms with van der Waals surface area (Å²) in [5.74, 6) is 0.705. The lowest BCUT2D eigenvalue weighted by atomic mass is 10.2. The number of hydrogen-bond donors (Lipinski definition) is 2. The van der Waals surface area contributed by atoms with Crippen molar-refractivity contribution in [3.05, 3.63) is 52.2 Å². The van der Waals surface area contributed by atoms with E-state index in [0.717, 1.165) is 5.56 Å². The molecule has 0 aliphatic carbocycles. The zero-order valence-electron chi connectivity index (χ0n) is 8.89. The summed E-state index contributed by atoms with van der Waals surface area (Å²) in [6, 6.07) is 9.80. The molecule has 0 radical (unpaired) electrons. The number of benzene rings is 1. The second kappa shape index (κ2) is 4.76. The third-order valence-corrected chi connectivity index (χ3v) is 2.39. The molecule has 84 valence electrons. The molecule has 0 spiro atoms. The van der Waals surface area contributed by atoms with E-state index in [1.807, 2.05) is 30.3 Å². The summed E-state index contributed by atoms with van der Waals surface area (Å²) >= 11 is 0. The maximum Gasteiger partial charge on any atom is 0.343 e. The van der Waals surface area contributed by atoms with E-state index in [-0.39, 0.29) is 5.69 Å². The van der Waals surface area contributed by atoms with Gasteiger partial charge in [0.25, 0.3) is 0 Å². The fraction of sp³-hybridized carbons (Fsp3) is 0.273. The molecule has 0 unspecified atom stereocenters. The molecule has 2 aromatic rings. The van der Waals surface area contributed by atoms with Gasteiger partial charge in [0, 0.05) is 6.42 Å². The van der Waals surface area contributed by atoms with Crippen LogP contribution in [0.15, 0.2) is 35.1 Å². The van der Waals surface area contributed by atoms with Crippen LogP contribution in [0.2, 0.25) is 0 Å². The third kappa shape index (κ3) is 2.20. The fourth-order valence-corrected chi connectivity index (χ4v) is 1.60. The Balaban J connectivity index is 2.27. The summed E-state index contributed by atoms with van der Waals surface area (Å²) in [5, 5.41) is 6.39. The lowest BCUT2D eigenvalue weighted by Crippen LogP contribution is -2.21. The molecule has 1 heterocycles. The standard InChI is InChI=1S/C11H14N4O/c12-7-6-10-13-14-11(16)15(10)8-9-4-2-1-3-5-9/h1-5H,6-8,12H2,(H,14,16). The highest BCUT2D eigenvalue weighted by Gasteiger charge is 2.07. The maximum absolute atomic E-state index is 11.5. The molecule has 1 aromatic carbocycles. The van der Waals surface area contributed by atoms with Gasteiger partial charge < -0.3 is 5.73 Å². The second-order valence-electron chi connectivity index (χ2n) is 3.56. The smallest absolute Gasteiger partial charge is 0.330 e. The van der Waals surface area contributed by atoms with E-state index in [4.69, 9.17) is 5.73 Å². The Morgan fingerprint density at radius 3 is 2.75 bits per heavy atom. The summed E-state index contributed by atoms with van der Waals surface area (Å²) in [4.78, 5) is 11.5. The van der Waals surface area contributed by atoms with Crippen LogP contribution in [-0.4, -0.2) is 21.3 Å². The van der Waals surface area contributed by atoms with Gasteiger partial charge in [-0.25, -0.2) is 9.89 Å². The molecule has 0 atom stereocenters. The second-order valence-corrected chi connectivity index (χ2v) is 3.56. The topological polar surface area (TPSA) is 76.7 Å². The Kier molecular flexibility index (Phi) is 3.16. The number of aromatic amines is 1. The normalized spacial score (nSPS) is 10.6. The van der Waals surface area contributed by atoms with Crippen molar-refractivity contribution in [1.82, 2.24) is 14.8 Å². The van der Waals surface area contributed by atoms with Gasteiger partial charge in [0.2, 0.25) is 0 Å². The fourth-order valence-electron chi connectivity index (χ4n) is 1.60. The number of rotatable bonds is 4. The molecule has 0 aliphatic rings. The SMILES string of the molecule is NCCc1n[nH]c(=O)n1Cc1ccccc1. The summed E-state index contributed by atoms with van der Waals surface area (Å²) in [6.45, 7) is 1.02. The zero-order valence-corrected chi connectivity index (χ0v) is 8.89. The van der Waals surface area contributed by atoms with Crippen LogP contribution in [0, 0.1) is 0 Å². The van der Waals surface area contributed by atoms with Gasteiger partial charge >= 0.3 is 5.69 Å². The highest BCUT2D eigenvalue weighted by molar-refractivity contribution is 5.15. The number of H-pyrrole nitrogens is 1. The molecule has 0 fully saturated rings. The van der Waals surface area contributed by atoms with Crippen LogP contribution < -0.4 is 11.4 Å². The van der Waals surface area contributed by atoms with E-state index in [9.17, 15) is 4.79 Å². The Morgan fingerprint density at radius 1 is 1.31 bits per heavy atom. The molecule has 1 aromatic heterocycles. The Bertz CT molecular complexity index is 500. The van der Waals surface area contributed by atoms with Gasteiger partial charge in [0.05, 0.1) is 6.54 Å². The van der Waals surface area contributed by atoms with Crippen molar-refractivity contribution in [3.8, 4) is 0 Å². The summed E-state index contributed by atoms with van der Waals surface area (Å²) in [7, 11) is 0. The van der Waals surface area contributed by atoms with Crippen molar-refractivity contribution in [2.24, 2.45) is 5.73 Å². The Hall–Kier alpha value is -1.88. The van der Waals surface area contributed by atoms with Gasteiger partial charge in [0.15, 0.2) is 0 Å². The van der Waals surface area contributed by atoms with E-state index in [0.29, 0.717) is 25.3 Å². The van der Waals surface area contributed by atoms with E-state index in [2.05, 4.69) is 10.2 Å². The van der Waals surface area contributed by atoms with E-state index in [1.165, 1.54) is 0 Å². The van der Waals surface area contributed by atoms with E-state index >= 15 is 0 Å². The van der Waals surface area contributed by atoms with Gasteiger partial charge in [-0.1, -0.05) is 30.3 Å². The lowest BCUT2D eigenvalue weighted by Gasteiger charge is -2.04. The van der Waals surface area contributed by atoms with Gasteiger partial charge in [-0.2, -0.15) is 5.10 Å². The van der Waals surface area contributed by atoms with Gasteiger partial charge in [-0.15, -0.1) is 0 Å². The van der Waals surface area contributed by atoms with Crippen LogP contribution in [0.5, 0.6) is 0 Å². The summed E-state index contributed by atoms with van der Waals surface area (Å²) < 4.78 is 1.61. The average Bonchev–Trinajstić information content (AvgIpc) is 2.64. The van der Waals surface area contributed by atoms with Gasteiger partial charge in [-0.05, 0) is 12.1 Å². The van der Waals surface area contributed by atoms with Crippen molar-refractivity contribution < 1.29 is 0 Å². The molecule has 3 N–H and O–H groups in total. The molecular weight excluding hydrogens is 204 g/mol. The minimum absolute atomic E-state index is 0.188. The quantitative estimate of drug-likeness (QED) is 0.765. The lowest BCUT2D eigenvalue weighted by molar-refractivity contribution is 0.698. The molecule has 0 amide bonds. The number of nitrogens with zero attached hydrogens (tertiary/aromatic N) is 2. The molecule has 0 saturated carbocycles. The number of aromatic nitrogens is 3. The van der Waals surface area contributed by atoms with Crippen LogP contribution in [0.25, 0.3) is 0 Å². The maximum atomic E-state index is 11.5. The van der Waals surface area contributed by atoms with Crippen LogP contribution >= 0.6 is 0 Å². The molecule has 2 rings (SSSR count). The van der Waals surface area contributed by atoms with Crippen LogP contribution in [-0.2, 0) is 13.0 Å². The van der Waals surface area contributed by atoms with Crippen molar-refractivity contribution in [1.29, 1.82) is 0 Å². The first kappa shape index (κ1) is 10.6. The highest BCUT2D eigenvalue weighted by Crippen LogP contribution is 2.02. The average molecular weight is 218 g/mol. The zero-order chi connectivity index (χ0) is 11.4. The molecule has 16 heavy (non-hydrogen) atoms. The summed E-state index contributed by atoms with van der Waals surface area (Å²) in [5.41, 5.74) is 6.35. The first-order valence-corrected chi connectivity index (χ1v) is 5.19. The first-order chi connectivity index (χ1) is 7.81. The Labute approximate surface area is 92.9 Å². The number of nitrogens with two attached hydrogens (primary N) is 1. The van der Waals surface area contributed by atoms with Crippen molar-refractivity contribution in [2.45, 2.75) is 13.0 Å². The van der Waals surface area contributed by atoms with Crippen LogP contribution in [0.4, 0.5) is 0 Å². The molecular formula is C11H14N4O.